The van der Waals surface area contributed by atoms with Crippen LogP contribution in [0.3, 0.4) is 0 Å². The van der Waals surface area contributed by atoms with Gasteiger partial charge in [-0.2, -0.15) is 0 Å². The number of ether oxygens (including phenoxy) is 1. The van der Waals surface area contributed by atoms with Crippen LogP contribution in [0.15, 0.2) is 48.5 Å². The Labute approximate surface area is 153 Å². The minimum atomic E-state index is -0.894. The van der Waals surface area contributed by atoms with Crippen molar-refractivity contribution in [1.82, 2.24) is 4.98 Å². The maximum Gasteiger partial charge on any atom is 0.308 e. The normalized spacial score (nSPS) is 10.5. The molecule has 0 spiro atoms. The minimum Gasteiger partial charge on any atom is -0.497 e. The average Bonchev–Trinajstić information content (AvgIpc) is 2.98. The molecule has 0 saturated heterocycles. The lowest BCUT2D eigenvalue weighted by Gasteiger charge is -2.04. The number of thiazole rings is 1. The van der Waals surface area contributed by atoms with Gasteiger partial charge in [0.15, 0.2) is 5.13 Å². The molecule has 1 heterocycles. The standard InChI is InChI=1S/C18H15ClN2O3S/c1-24-14-8-6-13(7-9-14)20-18-21-17(15(25-18)10-16(22)23)11-2-4-12(19)5-3-11/h2-9H,10H2,1H3,(H,20,21)(H,22,23). The van der Waals surface area contributed by atoms with Crippen molar-refractivity contribution in [3.63, 3.8) is 0 Å². The second kappa shape index (κ2) is 7.55. The molecule has 2 aromatic carbocycles. The third-order valence-electron chi connectivity index (χ3n) is 3.47. The van der Waals surface area contributed by atoms with Gasteiger partial charge in [-0.25, -0.2) is 4.98 Å². The fraction of sp³-hybridized carbons (Fsp3) is 0.111. The van der Waals surface area contributed by atoms with Crippen LogP contribution in [0.25, 0.3) is 11.3 Å². The van der Waals surface area contributed by atoms with E-state index in [1.54, 1.807) is 19.2 Å². The molecule has 3 aromatic rings. The summed E-state index contributed by atoms with van der Waals surface area (Å²) in [4.78, 5) is 16.4. The van der Waals surface area contributed by atoms with Gasteiger partial charge >= 0.3 is 5.97 Å². The smallest absolute Gasteiger partial charge is 0.308 e. The summed E-state index contributed by atoms with van der Waals surface area (Å²) in [5, 5.41) is 13.6. The van der Waals surface area contributed by atoms with Crippen molar-refractivity contribution < 1.29 is 14.6 Å². The van der Waals surface area contributed by atoms with E-state index in [1.165, 1.54) is 11.3 Å². The van der Waals surface area contributed by atoms with Crippen molar-refractivity contribution in [1.29, 1.82) is 0 Å². The number of aliphatic carboxylic acids is 1. The number of aromatic nitrogens is 1. The molecule has 0 saturated carbocycles. The molecule has 0 aliphatic carbocycles. The zero-order chi connectivity index (χ0) is 17.8. The van der Waals surface area contributed by atoms with E-state index in [0.717, 1.165) is 17.0 Å². The van der Waals surface area contributed by atoms with E-state index < -0.39 is 5.97 Å². The molecule has 0 bridgehead atoms. The number of carboxylic acid groups (broad SMARTS) is 1. The lowest BCUT2D eigenvalue weighted by Crippen LogP contribution is -1.99. The summed E-state index contributed by atoms with van der Waals surface area (Å²) in [6.45, 7) is 0. The van der Waals surface area contributed by atoms with E-state index >= 15 is 0 Å². The summed E-state index contributed by atoms with van der Waals surface area (Å²) in [6, 6.07) is 14.6. The number of anilines is 2. The molecule has 3 rings (SSSR count). The van der Waals surface area contributed by atoms with Gasteiger partial charge in [0.05, 0.1) is 19.2 Å². The highest BCUT2D eigenvalue weighted by Gasteiger charge is 2.16. The lowest BCUT2D eigenvalue weighted by molar-refractivity contribution is -0.136. The first-order valence-corrected chi connectivity index (χ1v) is 8.63. The molecule has 25 heavy (non-hydrogen) atoms. The zero-order valence-electron chi connectivity index (χ0n) is 13.3. The first-order valence-electron chi connectivity index (χ1n) is 7.43. The second-order valence-electron chi connectivity index (χ2n) is 5.22. The monoisotopic (exact) mass is 374 g/mol. The number of rotatable bonds is 6. The van der Waals surface area contributed by atoms with Crippen LogP contribution in [0, 0.1) is 0 Å². The predicted molar refractivity (Wildman–Crippen MR) is 100 cm³/mol. The summed E-state index contributed by atoms with van der Waals surface area (Å²) in [6.07, 6.45) is -0.0834. The van der Waals surface area contributed by atoms with E-state index in [0.29, 0.717) is 20.7 Å². The number of hydrogen-bond donors (Lipinski definition) is 2. The molecule has 1 aromatic heterocycles. The van der Waals surface area contributed by atoms with Crippen LogP contribution in [-0.2, 0) is 11.2 Å². The van der Waals surface area contributed by atoms with Gasteiger partial charge in [-0.15, -0.1) is 11.3 Å². The first kappa shape index (κ1) is 17.3. The van der Waals surface area contributed by atoms with Crippen LogP contribution in [0.5, 0.6) is 5.75 Å². The summed E-state index contributed by atoms with van der Waals surface area (Å²) < 4.78 is 5.14. The molecule has 128 valence electrons. The van der Waals surface area contributed by atoms with Crippen molar-refractivity contribution in [2.75, 3.05) is 12.4 Å². The Morgan fingerprint density at radius 2 is 1.88 bits per heavy atom. The number of benzene rings is 2. The van der Waals surface area contributed by atoms with E-state index in [1.807, 2.05) is 36.4 Å². The predicted octanol–water partition coefficient (Wildman–Crippen LogP) is 4.84. The third kappa shape index (κ3) is 4.29. The van der Waals surface area contributed by atoms with Gasteiger partial charge in [-0.3, -0.25) is 4.79 Å². The molecule has 0 amide bonds. The van der Waals surface area contributed by atoms with E-state index in [-0.39, 0.29) is 6.42 Å². The summed E-state index contributed by atoms with van der Waals surface area (Å²) >= 11 is 7.25. The Morgan fingerprint density at radius 1 is 1.20 bits per heavy atom. The highest BCUT2D eigenvalue weighted by Crippen LogP contribution is 2.34. The quantitative estimate of drug-likeness (QED) is 0.645. The number of nitrogens with zero attached hydrogens (tertiary/aromatic N) is 1. The molecule has 2 N–H and O–H groups in total. The van der Waals surface area contributed by atoms with Crippen molar-refractivity contribution in [2.45, 2.75) is 6.42 Å². The zero-order valence-corrected chi connectivity index (χ0v) is 14.9. The third-order valence-corrected chi connectivity index (χ3v) is 4.69. The van der Waals surface area contributed by atoms with Crippen LogP contribution in [0.2, 0.25) is 5.02 Å². The minimum absolute atomic E-state index is 0.0834. The first-order chi connectivity index (χ1) is 12.0. The molecule has 0 aliphatic rings. The van der Waals surface area contributed by atoms with E-state index in [2.05, 4.69) is 10.3 Å². The molecule has 0 atom stereocenters. The average molecular weight is 375 g/mol. The Kier molecular flexibility index (Phi) is 5.21. The summed E-state index contributed by atoms with van der Waals surface area (Å²) in [7, 11) is 1.61. The molecule has 0 aliphatic heterocycles. The van der Waals surface area contributed by atoms with Gasteiger partial charge in [0.25, 0.3) is 0 Å². The SMILES string of the molecule is COc1ccc(Nc2nc(-c3ccc(Cl)cc3)c(CC(=O)O)s2)cc1. The van der Waals surface area contributed by atoms with Crippen LogP contribution >= 0.6 is 22.9 Å². The van der Waals surface area contributed by atoms with Gasteiger partial charge in [0, 0.05) is 21.2 Å². The maximum absolute atomic E-state index is 11.2. The largest absolute Gasteiger partial charge is 0.497 e. The van der Waals surface area contributed by atoms with Crippen LogP contribution in [-0.4, -0.2) is 23.2 Å². The number of nitrogens with one attached hydrogen (secondary N) is 1. The topological polar surface area (TPSA) is 71.5 Å². The molecular formula is C18H15ClN2O3S. The molecule has 7 heteroatoms. The van der Waals surface area contributed by atoms with Crippen molar-refractivity contribution in [3.05, 3.63) is 58.4 Å². The van der Waals surface area contributed by atoms with Gasteiger partial charge in [-0.05, 0) is 36.4 Å². The van der Waals surface area contributed by atoms with Crippen LogP contribution in [0.4, 0.5) is 10.8 Å². The van der Waals surface area contributed by atoms with E-state index in [9.17, 15) is 4.79 Å². The maximum atomic E-state index is 11.2. The molecular weight excluding hydrogens is 360 g/mol. The van der Waals surface area contributed by atoms with Gasteiger partial charge < -0.3 is 15.2 Å². The second-order valence-corrected chi connectivity index (χ2v) is 6.74. The summed E-state index contributed by atoms with van der Waals surface area (Å²) in [5.74, 6) is -0.132. The van der Waals surface area contributed by atoms with Crippen LogP contribution < -0.4 is 10.1 Å². The Hall–Kier alpha value is -2.57. The highest BCUT2D eigenvalue weighted by atomic mass is 35.5. The molecule has 0 radical (unpaired) electrons. The van der Waals surface area contributed by atoms with Gasteiger partial charge in [0.1, 0.15) is 5.75 Å². The fourth-order valence-electron chi connectivity index (χ4n) is 2.29. The fourth-order valence-corrected chi connectivity index (χ4v) is 3.41. The number of carboxylic acids is 1. The van der Waals surface area contributed by atoms with Gasteiger partial charge in [0.2, 0.25) is 0 Å². The number of methoxy groups -OCH3 is 1. The Balaban J connectivity index is 1.91. The van der Waals surface area contributed by atoms with Crippen LogP contribution in [0.1, 0.15) is 4.88 Å². The van der Waals surface area contributed by atoms with Crippen molar-refractivity contribution in [2.24, 2.45) is 0 Å². The molecule has 0 unspecified atom stereocenters. The number of halogens is 1. The Morgan fingerprint density at radius 3 is 2.48 bits per heavy atom. The lowest BCUT2D eigenvalue weighted by atomic mass is 10.1. The number of hydrogen-bond acceptors (Lipinski definition) is 5. The molecule has 5 nitrogen and oxygen atoms in total. The summed E-state index contributed by atoms with van der Waals surface area (Å²) in [5.41, 5.74) is 2.33. The highest BCUT2D eigenvalue weighted by molar-refractivity contribution is 7.16. The Bertz CT molecular complexity index is 876. The van der Waals surface area contributed by atoms with Gasteiger partial charge in [-0.1, -0.05) is 23.7 Å². The van der Waals surface area contributed by atoms with E-state index in [4.69, 9.17) is 21.4 Å². The van der Waals surface area contributed by atoms with Crippen molar-refractivity contribution in [3.8, 4) is 17.0 Å². The molecule has 0 fully saturated rings. The van der Waals surface area contributed by atoms with Crippen molar-refractivity contribution >= 4 is 39.7 Å². The number of carbonyl (C=O) groups is 1.